The van der Waals surface area contributed by atoms with Crippen molar-refractivity contribution in [2.24, 2.45) is 0 Å². The minimum absolute atomic E-state index is 0.128. The van der Waals surface area contributed by atoms with Gasteiger partial charge in [-0.3, -0.25) is 4.79 Å². The highest BCUT2D eigenvalue weighted by molar-refractivity contribution is 5.92. The normalized spacial score (nSPS) is 13.2. The number of fused-ring (bicyclic) bond motifs is 1. The molecule has 0 aliphatic carbocycles. The van der Waals surface area contributed by atoms with Crippen LogP contribution in [0.2, 0.25) is 0 Å². The van der Waals surface area contributed by atoms with Gasteiger partial charge in [-0.2, -0.15) is 0 Å². The number of nitrogens with one attached hydrogen (secondary N) is 1. The SMILES string of the molecule is CNC(=O)C(OC(C)(C)C)c1cccc2ccccc12. The van der Waals surface area contributed by atoms with E-state index in [0.717, 1.165) is 16.3 Å². The van der Waals surface area contributed by atoms with Gasteiger partial charge >= 0.3 is 0 Å². The second-order valence-electron chi connectivity index (χ2n) is 5.79. The molecule has 0 radical (unpaired) electrons. The van der Waals surface area contributed by atoms with E-state index < -0.39 is 11.7 Å². The lowest BCUT2D eigenvalue weighted by atomic mass is 9.99. The molecule has 1 N–H and O–H groups in total. The summed E-state index contributed by atoms with van der Waals surface area (Å²) in [5.41, 5.74) is 0.506. The molecule has 2 aromatic carbocycles. The summed E-state index contributed by atoms with van der Waals surface area (Å²) < 4.78 is 5.97. The highest BCUT2D eigenvalue weighted by atomic mass is 16.5. The maximum Gasteiger partial charge on any atom is 0.253 e. The molecule has 0 saturated heterocycles. The summed E-state index contributed by atoms with van der Waals surface area (Å²) in [6.45, 7) is 5.86. The fourth-order valence-corrected chi connectivity index (χ4v) is 2.22. The van der Waals surface area contributed by atoms with E-state index in [-0.39, 0.29) is 5.91 Å². The van der Waals surface area contributed by atoms with Crippen molar-refractivity contribution in [3.63, 3.8) is 0 Å². The molecule has 2 rings (SSSR count). The molecule has 3 nitrogen and oxygen atoms in total. The summed E-state index contributed by atoms with van der Waals surface area (Å²) in [7, 11) is 1.63. The Morgan fingerprint density at radius 1 is 1.10 bits per heavy atom. The second-order valence-corrected chi connectivity index (χ2v) is 5.79. The Morgan fingerprint density at radius 2 is 1.75 bits per heavy atom. The van der Waals surface area contributed by atoms with Crippen molar-refractivity contribution < 1.29 is 9.53 Å². The molecule has 0 aromatic heterocycles. The molecule has 0 saturated carbocycles. The lowest BCUT2D eigenvalue weighted by Crippen LogP contribution is -2.33. The number of ether oxygens (including phenoxy) is 1. The van der Waals surface area contributed by atoms with Crippen LogP contribution in [0.4, 0.5) is 0 Å². The van der Waals surface area contributed by atoms with Crippen molar-refractivity contribution in [3.8, 4) is 0 Å². The lowest BCUT2D eigenvalue weighted by Gasteiger charge is -2.27. The third-order valence-corrected chi connectivity index (χ3v) is 3.06. The maximum atomic E-state index is 12.2. The maximum absolute atomic E-state index is 12.2. The van der Waals surface area contributed by atoms with Crippen LogP contribution in [0.15, 0.2) is 42.5 Å². The van der Waals surface area contributed by atoms with Crippen molar-refractivity contribution in [1.29, 1.82) is 0 Å². The molecule has 0 aliphatic rings. The third-order valence-electron chi connectivity index (χ3n) is 3.06. The summed E-state index contributed by atoms with van der Waals surface area (Å²) in [6.07, 6.45) is -0.605. The Bertz CT molecular complexity index is 608. The van der Waals surface area contributed by atoms with Crippen LogP contribution in [0.25, 0.3) is 10.8 Å². The highest BCUT2D eigenvalue weighted by Gasteiger charge is 2.27. The number of likely N-dealkylation sites (N-methyl/N-ethyl adjacent to an activating group) is 1. The zero-order chi connectivity index (χ0) is 14.8. The van der Waals surface area contributed by atoms with Gasteiger partial charge in [-0.1, -0.05) is 42.5 Å². The highest BCUT2D eigenvalue weighted by Crippen LogP contribution is 2.30. The molecule has 1 amide bonds. The molecule has 20 heavy (non-hydrogen) atoms. The average Bonchev–Trinajstić information content (AvgIpc) is 2.42. The second kappa shape index (κ2) is 5.63. The molecule has 0 aliphatic heterocycles. The van der Waals surface area contributed by atoms with Crippen molar-refractivity contribution in [2.45, 2.75) is 32.5 Å². The van der Waals surface area contributed by atoms with E-state index in [9.17, 15) is 4.79 Å². The molecule has 1 unspecified atom stereocenters. The van der Waals surface area contributed by atoms with E-state index in [0.29, 0.717) is 0 Å². The smallest absolute Gasteiger partial charge is 0.253 e. The van der Waals surface area contributed by atoms with Crippen LogP contribution in [0.5, 0.6) is 0 Å². The summed E-state index contributed by atoms with van der Waals surface area (Å²) in [6, 6.07) is 14.0. The van der Waals surface area contributed by atoms with E-state index >= 15 is 0 Å². The van der Waals surface area contributed by atoms with Gasteiger partial charge in [-0.25, -0.2) is 0 Å². The van der Waals surface area contributed by atoms with Crippen LogP contribution in [0, 0.1) is 0 Å². The van der Waals surface area contributed by atoms with Gasteiger partial charge in [0.25, 0.3) is 5.91 Å². The standard InChI is InChI=1S/C17H21NO2/c1-17(2,3)20-15(16(19)18-4)14-11-7-9-12-8-5-6-10-13(12)14/h5-11,15H,1-4H3,(H,18,19). The fourth-order valence-electron chi connectivity index (χ4n) is 2.22. The van der Waals surface area contributed by atoms with E-state index in [4.69, 9.17) is 4.74 Å². The molecule has 106 valence electrons. The number of rotatable bonds is 3. The number of carbonyl (C=O) groups is 1. The van der Waals surface area contributed by atoms with E-state index in [2.05, 4.69) is 5.32 Å². The van der Waals surface area contributed by atoms with Gasteiger partial charge in [0, 0.05) is 7.05 Å². The largest absolute Gasteiger partial charge is 0.358 e. The summed E-state index contributed by atoms with van der Waals surface area (Å²) in [4.78, 5) is 12.2. The molecular formula is C17H21NO2. The molecule has 0 spiro atoms. The third kappa shape index (κ3) is 3.17. The van der Waals surface area contributed by atoms with Crippen molar-refractivity contribution in [2.75, 3.05) is 7.05 Å². The van der Waals surface area contributed by atoms with Crippen molar-refractivity contribution >= 4 is 16.7 Å². The van der Waals surface area contributed by atoms with Crippen molar-refractivity contribution in [3.05, 3.63) is 48.0 Å². The Kier molecular flexibility index (Phi) is 4.09. The average molecular weight is 271 g/mol. The minimum atomic E-state index is -0.605. The Labute approximate surface area is 119 Å². The zero-order valence-electron chi connectivity index (χ0n) is 12.4. The molecule has 0 fully saturated rings. The molecule has 0 bridgehead atoms. The number of amides is 1. The van der Waals surface area contributed by atoms with Crippen LogP contribution in [-0.4, -0.2) is 18.6 Å². The topological polar surface area (TPSA) is 38.3 Å². The molecule has 3 heteroatoms. The minimum Gasteiger partial charge on any atom is -0.358 e. The molecular weight excluding hydrogens is 250 g/mol. The van der Waals surface area contributed by atoms with E-state index in [1.54, 1.807) is 7.05 Å². The number of hydrogen-bond donors (Lipinski definition) is 1. The van der Waals surface area contributed by atoms with Crippen molar-refractivity contribution in [1.82, 2.24) is 5.32 Å². The van der Waals surface area contributed by atoms with Crippen LogP contribution < -0.4 is 5.32 Å². The molecule has 0 heterocycles. The van der Waals surface area contributed by atoms with Crippen LogP contribution in [0.3, 0.4) is 0 Å². The predicted molar refractivity (Wildman–Crippen MR) is 81.6 cm³/mol. The van der Waals surface area contributed by atoms with Crippen LogP contribution in [0.1, 0.15) is 32.4 Å². The quantitative estimate of drug-likeness (QED) is 0.928. The van der Waals surface area contributed by atoms with E-state index in [1.165, 1.54) is 0 Å². The summed E-state index contributed by atoms with van der Waals surface area (Å²) in [5.74, 6) is -0.128. The predicted octanol–water partition coefficient (Wildman–Crippen LogP) is 3.44. The number of benzene rings is 2. The van der Waals surface area contributed by atoms with Crippen LogP contribution in [-0.2, 0) is 9.53 Å². The number of hydrogen-bond acceptors (Lipinski definition) is 2. The zero-order valence-corrected chi connectivity index (χ0v) is 12.4. The van der Waals surface area contributed by atoms with Gasteiger partial charge < -0.3 is 10.1 Å². The Morgan fingerprint density at radius 3 is 2.40 bits per heavy atom. The van der Waals surface area contributed by atoms with Gasteiger partial charge in [-0.05, 0) is 37.1 Å². The monoisotopic (exact) mass is 271 g/mol. The van der Waals surface area contributed by atoms with Gasteiger partial charge in [0.1, 0.15) is 0 Å². The Hall–Kier alpha value is -1.87. The first-order valence-corrected chi connectivity index (χ1v) is 6.79. The van der Waals surface area contributed by atoms with Crippen LogP contribution >= 0.6 is 0 Å². The molecule has 2 aromatic rings. The fraction of sp³-hybridized carbons (Fsp3) is 0.353. The van der Waals surface area contributed by atoms with Gasteiger partial charge in [-0.15, -0.1) is 0 Å². The van der Waals surface area contributed by atoms with Gasteiger partial charge in [0.05, 0.1) is 5.60 Å². The van der Waals surface area contributed by atoms with Gasteiger partial charge in [0.15, 0.2) is 6.10 Å². The van der Waals surface area contributed by atoms with Gasteiger partial charge in [0.2, 0.25) is 0 Å². The Balaban J connectivity index is 2.53. The lowest BCUT2D eigenvalue weighted by molar-refractivity contribution is -0.142. The summed E-state index contributed by atoms with van der Waals surface area (Å²) in [5, 5.41) is 4.84. The first-order chi connectivity index (χ1) is 9.42. The number of carbonyl (C=O) groups excluding carboxylic acids is 1. The molecule has 1 atom stereocenters. The van der Waals surface area contributed by atoms with E-state index in [1.807, 2.05) is 63.2 Å². The first kappa shape index (κ1) is 14.5. The first-order valence-electron chi connectivity index (χ1n) is 6.79. The summed E-state index contributed by atoms with van der Waals surface area (Å²) >= 11 is 0.